The summed E-state index contributed by atoms with van der Waals surface area (Å²) < 4.78 is 10.1. The summed E-state index contributed by atoms with van der Waals surface area (Å²) in [6.07, 6.45) is 1.87. The Morgan fingerprint density at radius 1 is 1.30 bits per heavy atom. The first-order chi connectivity index (χ1) is 9.17. The molecule has 0 aliphatic heterocycles. The third-order valence-electron chi connectivity index (χ3n) is 2.38. The van der Waals surface area contributed by atoms with Gasteiger partial charge in [-0.05, 0) is 52.7 Å². The van der Waals surface area contributed by atoms with E-state index < -0.39 is 11.8 Å². The number of ether oxygens (including phenoxy) is 2. The summed E-state index contributed by atoms with van der Waals surface area (Å²) in [5.41, 5.74) is 1.35. The molecule has 0 heterocycles. The van der Waals surface area contributed by atoms with Crippen LogP contribution in [0.1, 0.15) is 40.2 Å². The van der Waals surface area contributed by atoms with Crippen LogP contribution in [-0.2, 0) is 11.2 Å². The van der Waals surface area contributed by atoms with Gasteiger partial charge in [0.15, 0.2) is 0 Å². The van der Waals surface area contributed by atoms with Gasteiger partial charge in [0.1, 0.15) is 17.1 Å². The highest BCUT2D eigenvalue weighted by Gasteiger charge is 2.18. The predicted octanol–water partition coefficient (Wildman–Crippen LogP) is 4.21. The van der Waals surface area contributed by atoms with Gasteiger partial charge in [0.2, 0.25) is 0 Å². The van der Waals surface area contributed by atoms with Crippen molar-refractivity contribution in [2.75, 3.05) is 0 Å². The minimum atomic E-state index is -0.783. The zero-order valence-corrected chi connectivity index (χ0v) is 12.7. The number of carbonyl (C=O) groups is 1. The molecule has 0 amide bonds. The van der Waals surface area contributed by atoms with Crippen molar-refractivity contribution in [2.24, 2.45) is 0 Å². The van der Waals surface area contributed by atoms with Crippen molar-refractivity contribution in [3.63, 3.8) is 0 Å². The highest BCUT2D eigenvalue weighted by Crippen LogP contribution is 2.25. The van der Waals surface area contributed by atoms with Crippen molar-refractivity contribution < 1.29 is 19.4 Å². The molecule has 1 aromatic rings. The van der Waals surface area contributed by atoms with E-state index in [1.165, 1.54) is 11.6 Å². The molecule has 0 aliphatic rings. The summed E-state index contributed by atoms with van der Waals surface area (Å²) in [6.45, 7) is 9.27. The van der Waals surface area contributed by atoms with E-state index in [-0.39, 0.29) is 11.5 Å². The third kappa shape index (κ3) is 5.78. The first-order valence-electron chi connectivity index (χ1n) is 6.53. The number of hydrogen-bond acceptors (Lipinski definition) is 4. The molecule has 0 aliphatic carbocycles. The lowest BCUT2D eigenvalue weighted by atomic mass is 10.1. The minimum Gasteiger partial charge on any atom is -0.508 e. The number of phenolic OH excluding ortho intramolecular Hbond substituents is 1. The Kier molecular flexibility index (Phi) is 5.19. The summed E-state index contributed by atoms with van der Waals surface area (Å²) in [6, 6.07) is 4.78. The van der Waals surface area contributed by atoms with Gasteiger partial charge in [0.25, 0.3) is 0 Å². The molecule has 1 aromatic carbocycles. The van der Waals surface area contributed by atoms with Gasteiger partial charge in [0.05, 0.1) is 0 Å². The summed E-state index contributed by atoms with van der Waals surface area (Å²) in [7, 11) is 0. The van der Waals surface area contributed by atoms with Crippen LogP contribution in [0.2, 0.25) is 0 Å². The van der Waals surface area contributed by atoms with E-state index in [9.17, 15) is 9.90 Å². The number of hydrogen-bond donors (Lipinski definition) is 1. The van der Waals surface area contributed by atoms with Crippen LogP contribution in [0.4, 0.5) is 4.79 Å². The summed E-state index contributed by atoms with van der Waals surface area (Å²) in [5, 5.41) is 9.89. The fourth-order valence-electron chi connectivity index (χ4n) is 1.46. The number of phenols is 1. The van der Waals surface area contributed by atoms with Crippen LogP contribution in [0.15, 0.2) is 29.8 Å². The quantitative estimate of drug-likeness (QED) is 0.511. The van der Waals surface area contributed by atoms with E-state index in [0.717, 1.165) is 5.56 Å². The first kappa shape index (κ1) is 16.1. The van der Waals surface area contributed by atoms with Gasteiger partial charge in [-0.15, -0.1) is 0 Å². The van der Waals surface area contributed by atoms with Crippen LogP contribution in [0, 0.1) is 0 Å². The number of aromatic hydroxyl groups is 1. The van der Waals surface area contributed by atoms with Crippen molar-refractivity contribution in [3.8, 4) is 11.5 Å². The topological polar surface area (TPSA) is 55.8 Å². The minimum absolute atomic E-state index is 0.101. The van der Waals surface area contributed by atoms with E-state index in [2.05, 4.69) is 0 Å². The second-order valence-electron chi connectivity index (χ2n) is 5.84. The maximum Gasteiger partial charge on any atom is 0.514 e. The molecule has 0 spiro atoms. The monoisotopic (exact) mass is 278 g/mol. The van der Waals surface area contributed by atoms with Crippen LogP contribution in [-0.4, -0.2) is 16.9 Å². The zero-order valence-electron chi connectivity index (χ0n) is 12.7. The molecule has 4 heteroatoms. The van der Waals surface area contributed by atoms with E-state index in [1.807, 2.05) is 19.9 Å². The predicted molar refractivity (Wildman–Crippen MR) is 78.1 cm³/mol. The Labute approximate surface area is 120 Å². The lowest BCUT2D eigenvalue weighted by Gasteiger charge is -2.18. The largest absolute Gasteiger partial charge is 0.514 e. The highest BCUT2D eigenvalue weighted by molar-refractivity contribution is 5.64. The summed E-state index contributed by atoms with van der Waals surface area (Å²) in [5.74, 6) is 0.362. The molecule has 4 nitrogen and oxygen atoms in total. The van der Waals surface area contributed by atoms with E-state index in [1.54, 1.807) is 32.9 Å². The average Bonchev–Trinajstić information content (AvgIpc) is 2.24. The van der Waals surface area contributed by atoms with Crippen molar-refractivity contribution in [1.29, 1.82) is 0 Å². The van der Waals surface area contributed by atoms with Crippen LogP contribution in [0.5, 0.6) is 11.5 Å². The van der Waals surface area contributed by atoms with Gasteiger partial charge >= 0.3 is 6.16 Å². The molecule has 1 rings (SSSR count). The molecule has 0 aromatic heterocycles. The van der Waals surface area contributed by atoms with Gasteiger partial charge in [-0.3, -0.25) is 0 Å². The average molecular weight is 278 g/mol. The Bertz CT molecular complexity index is 506. The zero-order chi connectivity index (χ0) is 15.3. The van der Waals surface area contributed by atoms with E-state index >= 15 is 0 Å². The molecule has 0 unspecified atom stereocenters. The molecule has 0 saturated heterocycles. The Balaban J connectivity index is 2.73. The second-order valence-corrected chi connectivity index (χ2v) is 5.84. The fourth-order valence-corrected chi connectivity index (χ4v) is 1.46. The Morgan fingerprint density at radius 3 is 2.45 bits per heavy atom. The summed E-state index contributed by atoms with van der Waals surface area (Å²) >= 11 is 0. The Hall–Kier alpha value is -1.97. The molecular weight excluding hydrogens is 256 g/mol. The highest BCUT2D eigenvalue weighted by atomic mass is 16.7. The van der Waals surface area contributed by atoms with Crippen LogP contribution >= 0.6 is 0 Å². The molecule has 1 N–H and O–H groups in total. The van der Waals surface area contributed by atoms with Gasteiger partial charge in [0, 0.05) is 6.07 Å². The molecule has 0 atom stereocenters. The van der Waals surface area contributed by atoms with Gasteiger partial charge < -0.3 is 14.6 Å². The van der Waals surface area contributed by atoms with Crippen molar-refractivity contribution >= 4 is 6.16 Å². The van der Waals surface area contributed by atoms with Gasteiger partial charge in [-0.1, -0.05) is 17.7 Å². The molecule has 0 fully saturated rings. The second kappa shape index (κ2) is 6.46. The molecule has 110 valence electrons. The normalized spacial score (nSPS) is 10.8. The maximum atomic E-state index is 11.5. The number of carbonyl (C=O) groups excluding carboxylic acids is 1. The van der Waals surface area contributed by atoms with Crippen molar-refractivity contribution in [1.82, 2.24) is 0 Å². The first-order valence-corrected chi connectivity index (χ1v) is 6.53. The van der Waals surface area contributed by atoms with E-state index in [0.29, 0.717) is 6.42 Å². The SMILES string of the molecule is CC(C)=CCc1ccc(OC(=O)OC(C)(C)C)cc1O. The number of rotatable bonds is 3. The van der Waals surface area contributed by atoms with Crippen LogP contribution < -0.4 is 4.74 Å². The van der Waals surface area contributed by atoms with Gasteiger partial charge in [-0.2, -0.15) is 0 Å². The van der Waals surface area contributed by atoms with Gasteiger partial charge in [-0.25, -0.2) is 4.79 Å². The lowest BCUT2D eigenvalue weighted by Crippen LogP contribution is -2.25. The number of allylic oxidation sites excluding steroid dienone is 2. The molecule has 0 saturated carbocycles. The van der Waals surface area contributed by atoms with Crippen molar-refractivity contribution in [2.45, 2.75) is 46.6 Å². The third-order valence-corrected chi connectivity index (χ3v) is 2.38. The Morgan fingerprint density at radius 2 is 1.95 bits per heavy atom. The standard InChI is InChI=1S/C16H22O4/c1-11(2)6-7-12-8-9-13(10-14(12)17)19-15(18)20-16(3,4)5/h6,8-10,17H,7H2,1-5H3. The fraction of sp³-hybridized carbons (Fsp3) is 0.438. The molecular formula is C16H22O4. The lowest BCUT2D eigenvalue weighted by molar-refractivity contribution is 0.0206. The van der Waals surface area contributed by atoms with Crippen LogP contribution in [0.3, 0.4) is 0 Å². The molecule has 20 heavy (non-hydrogen) atoms. The summed E-state index contributed by atoms with van der Waals surface area (Å²) in [4.78, 5) is 11.5. The maximum absolute atomic E-state index is 11.5. The molecule has 0 bridgehead atoms. The number of benzene rings is 1. The smallest absolute Gasteiger partial charge is 0.508 e. The van der Waals surface area contributed by atoms with E-state index in [4.69, 9.17) is 9.47 Å². The van der Waals surface area contributed by atoms with Crippen molar-refractivity contribution in [3.05, 3.63) is 35.4 Å². The molecule has 0 radical (unpaired) electrons. The van der Waals surface area contributed by atoms with Crippen LogP contribution in [0.25, 0.3) is 0 Å².